The summed E-state index contributed by atoms with van der Waals surface area (Å²) >= 11 is 5.68. The molecule has 1 nitrogen and oxygen atoms in total. The topological polar surface area (TPSA) is 12.0 Å². The van der Waals surface area contributed by atoms with Gasteiger partial charge >= 0.3 is 0 Å². The van der Waals surface area contributed by atoms with Crippen LogP contribution in [0.3, 0.4) is 0 Å². The van der Waals surface area contributed by atoms with Gasteiger partial charge in [0.2, 0.25) is 0 Å². The molecule has 0 spiro atoms. The van der Waals surface area contributed by atoms with Gasteiger partial charge in [0, 0.05) is 12.6 Å². The van der Waals surface area contributed by atoms with Crippen molar-refractivity contribution in [1.29, 1.82) is 0 Å². The molecule has 0 bridgehead atoms. The predicted molar refractivity (Wildman–Crippen MR) is 82.6 cm³/mol. The summed E-state index contributed by atoms with van der Waals surface area (Å²) in [5, 5.41) is 3.58. The van der Waals surface area contributed by atoms with Crippen LogP contribution < -0.4 is 5.32 Å². The highest BCUT2D eigenvalue weighted by Crippen LogP contribution is 2.20. The van der Waals surface area contributed by atoms with Crippen molar-refractivity contribution in [3.8, 4) is 0 Å². The van der Waals surface area contributed by atoms with Gasteiger partial charge in [0.15, 0.2) is 0 Å². The molecule has 20 heavy (non-hydrogen) atoms. The third-order valence-electron chi connectivity index (χ3n) is 3.50. The fourth-order valence-corrected chi connectivity index (χ4v) is 2.37. The molecule has 0 aliphatic rings. The summed E-state index contributed by atoms with van der Waals surface area (Å²) < 4.78 is 13.4. The lowest BCUT2D eigenvalue weighted by atomic mass is 10.00. The third kappa shape index (κ3) is 3.59. The molecule has 2 aromatic carbocycles. The molecule has 0 aromatic heterocycles. The van der Waals surface area contributed by atoms with Crippen LogP contribution in [-0.2, 0) is 6.54 Å². The molecule has 3 heteroatoms. The Morgan fingerprint density at radius 3 is 2.60 bits per heavy atom. The summed E-state index contributed by atoms with van der Waals surface area (Å²) in [7, 11) is 0. The molecule has 1 atom stereocenters. The van der Waals surface area contributed by atoms with Crippen LogP contribution in [0.1, 0.15) is 35.2 Å². The average molecular weight is 292 g/mol. The second kappa shape index (κ2) is 6.38. The van der Waals surface area contributed by atoms with Crippen molar-refractivity contribution in [2.75, 3.05) is 0 Å². The number of aryl methyl sites for hydroxylation is 2. The number of benzene rings is 2. The van der Waals surface area contributed by atoms with E-state index in [-0.39, 0.29) is 16.9 Å². The fourth-order valence-electron chi connectivity index (χ4n) is 2.26. The summed E-state index contributed by atoms with van der Waals surface area (Å²) in [6.07, 6.45) is 0. The van der Waals surface area contributed by atoms with E-state index < -0.39 is 0 Å². The zero-order valence-corrected chi connectivity index (χ0v) is 12.8. The van der Waals surface area contributed by atoms with Crippen LogP contribution in [0.5, 0.6) is 0 Å². The van der Waals surface area contributed by atoms with Crippen molar-refractivity contribution in [3.05, 3.63) is 69.5 Å². The van der Waals surface area contributed by atoms with Crippen molar-refractivity contribution in [3.63, 3.8) is 0 Å². The van der Waals surface area contributed by atoms with Crippen molar-refractivity contribution >= 4 is 11.6 Å². The van der Waals surface area contributed by atoms with E-state index in [1.807, 2.05) is 6.07 Å². The molecule has 106 valence electrons. The van der Waals surface area contributed by atoms with Crippen molar-refractivity contribution < 1.29 is 4.39 Å². The maximum atomic E-state index is 13.4. The second-order valence-corrected chi connectivity index (χ2v) is 5.62. The Bertz CT molecular complexity index is 610. The zero-order chi connectivity index (χ0) is 14.7. The molecule has 2 aromatic rings. The summed E-state index contributed by atoms with van der Waals surface area (Å²) in [5.41, 5.74) is 4.68. The van der Waals surface area contributed by atoms with Crippen LogP contribution in [0.2, 0.25) is 5.02 Å². The Balaban J connectivity index is 2.06. The smallest absolute Gasteiger partial charge is 0.142 e. The van der Waals surface area contributed by atoms with E-state index in [1.54, 1.807) is 6.07 Å². The third-order valence-corrected chi connectivity index (χ3v) is 3.80. The molecule has 0 heterocycles. The first kappa shape index (κ1) is 15.0. The van der Waals surface area contributed by atoms with E-state index in [9.17, 15) is 4.39 Å². The number of halogens is 2. The van der Waals surface area contributed by atoms with E-state index in [4.69, 9.17) is 11.6 Å². The van der Waals surface area contributed by atoms with Gasteiger partial charge < -0.3 is 5.32 Å². The number of rotatable bonds is 4. The standard InChI is InChI=1S/C17H19ClFN/c1-11-4-5-12(2)15(8-11)13(3)20-10-14-6-7-16(18)17(19)9-14/h4-9,13,20H,10H2,1-3H3. The molecule has 0 aliphatic carbocycles. The number of hydrogen-bond donors (Lipinski definition) is 1. The van der Waals surface area contributed by atoms with Gasteiger partial charge in [0.25, 0.3) is 0 Å². The number of nitrogens with one attached hydrogen (secondary N) is 1. The van der Waals surface area contributed by atoms with Crippen molar-refractivity contribution in [2.24, 2.45) is 0 Å². The van der Waals surface area contributed by atoms with Crippen LogP contribution in [0, 0.1) is 19.7 Å². The molecule has 2 rings (SSSR count). The van der Waals surface area contributed by atoms with Crippen molar-refractivity contribution in [1.82, 2.24) is 5.32 Å². The monoisotopic (exact) mass is 291 g/mol. The molecule has 0 saturated carbocycles. The van der Waals surface area contributed by atoms with Crippen LogP contribution in [0.15, 0.2) is 36.4 Å². The van der Waals surface area contributed by atoms with Gasteiger partial charge in [-0.1, -0.05) is 41.4 Å². The maximum Gasteiger partial charge on any atom is 0.142 e. The van der Waals surface area contributed by atoms with E-state index in [1.165, 1.54) is 22.8 Å². The van der Waals surface area contributed by atoms with Gasteiger partial charge in [0.1, 0.15) is 5.82 Å². The molecule has 0 radical (unpaired) electrons. The first-order valence-corrected chi connectivity index (χ1v) is 7.09. The Morgan fingerprint density at radius 1 is 1.15 bits per heavy atom. The summed E-state index contributed by atoms with van der Waals surface area (Å²) in [6, 6.07) is 11.6. The summed E-state index contributed by atoms with van der Waals surface area (Å²) in [6.45, 7) is 6.93. The largest absolute Gasteiger partial charge is 0.306 e. The van der Waals surface area contributed by atoms with E-state index >= 15 is 0 Å². The first-order valence-electron chi connectivity index (χ1n) is 6.72. The van der Waals surface area contributed by atoms with Gasteiger partial charge in [-0.3, -0.25) is 0 Å². The van der Waals surface area contributed by atoms with Gasteiger partial charge in [-0.15, -0.1) is 0 Å². The second-order valence-electron chi connectivity index (χ2n) is 5.21. The Kier molecular flexibility index (Phi) is 4.79. The predicted octanol–water partition coefficient (Wildman–Crippen LogP) is 4.95. The zero-order valence-electron chi connectivity index (χ0n) is 12.0. The minimum Gasteiger partial charge on any atom is -0.306 e. The summed E-state index contributed by atoms with van der Waals surface area (Å²) in [4.78, 5) is 0. The van der Waals surface area contributed by atoms with Crippen LogP contribution in [0.4, 0.5) is 4.39 Å². The first-order chi connectivity index (χ1) is 9.47. The quantitative estimate of drug-likeness (QED) is 0.841. The molecule has 0 amide bonds. The molecular formula is C17H19ClFN. The van der Waals surface area contributed by atoms with E-state index in [0.717, 1.165) is 5.56 Å². The minimum atomic E-state index is -0.370. The number of hydrogen-bond acceptors (Lipinski definition) is 1. The van der Waals surface area contributed by atoms with E-state index in [2.05, 4.69) is 44.3 Å². The lowest BCUT2D eigenvalue weighted by Gasteiger charge is -2.17. The highest BCUT2D eigenvalue weighted by molar-refractivity contribution is 6.30. The normalized spacial score (nSPS) is 12.4. The van der Waals surface area contributed by atoms with Gasteiger partial charge in [-0.2, -0.15) is 0 Å². The van der Waals surface area contributed by atoms with Gasteiger partial charge in [0.05, 0.1) is 5.02 Å². The fraction of sp³-hybridized carbons (Fsp3) is 0.294. The Labute approximate surface area is 124 Å². The van der Waals surface area contributed by atoms with Crippen LogP contribution >= 0.6 is 11.6 Å². The van der Waals surface area contributed by atoms with E-state index in [0.29, 0.717) is 6.54 Å². The lowest BCUT2D eigenvalue weighted by molar-refractivity contribution is 0.567. The van der Waals surface area contributed by atoms with Crippen LogP contribution in [0.25, 0.3) is 0 Å². The molecular weight excluding hydrogens is 273 g/mol. The highest BCUT2D eigenvalue weighted by atomic mass is 35.5. The van der Waals surface area contributed by atoms with Gasteiger partial charge in [-0.05, 0) is 49.6 Å². The Hall–Kier alpha value is -1.38. The van der Waals surface area contributed by atoms with Gasteiger partial charge in [-0.25, -0.2) is 4.39 Å². The molecule has 1 N–H and O–H groups in total. The molecule has 0 aliphatic heterocycles. The molecule has 1 unspecified atom stereocenters. The minimum absolute atomic E-state index is 0.163. The lowest BCUT2D eigenvalue weighted by Crippen LogP contribution is -2.19. The maximum absolute atomic E-state index is 13.4. The molecule has 0 fully saturated rings. The molecule has 0 saturated heterocycles. The average Bonchev–Trinajstić information content (AvgIpc) is 2.42. The highest BCUT2D eigenvalue weighted by Gasteiger charge is 2.09. The summed E-state index contributed by atoms with van der Waals surface area (Å²) in [5.74, 6) is -0.370. The van der Waals surface area contributed by atoms with Crippen molar-refractivity contribution in [2.45, 2.75) is 33.4 Å². The SMILES string of the molecule is Cc1ccc(C)c(C(C)NCc2ccc(Cl)c(F)c2)c1. The van der Waals surface area contributed by atoms with Crippen LogP contribution in [-0.4, -0.2) is 0 Å². The Morgan fingerprint density at radius 2 is 1.90 bits per heavy atom.